The van der Waals surface area contributed by atoms with Crippen molar-refractivity contribution in [2.24, 2.45) is 23.7 Å². The van der Waals surface area contributed by atoms with Crippen LogP contribution in [0.3, 0.4) is 0 Å². The molecule has 1 heterocycles. The summed E-state index contributed by atoms with van der Waals surface area (Å²) >= 11 is 0. The predicted molar refractivity (Wildman–Crippen MR) is 78.1 cm³/mol. The normalized spacial score (nSPS) is 32.5. The second-order valence-electron chi connectivity index (χ2n) is 6.41. The van der Waals surface area contributed by atoms with Gasteiger partial charge in [-0.25, -0.2) is 9.69 Å². The van der Waals surface area contributed by atoms with Crippen molar-refractivity contribution in [3.63, 3.8) is 0 Å². The Morgan fingerprint density at radius 1 is 1.09 bits per heavy atom. The van der Waals surface area contributed by atoms with Gasteiger partial charge in [0.25, 0.3) is 0 Å². The number of hydrogen-bond acceptors (Lipinski definition) is 4. The minimum atomic E-state index is -0.531. The number of esters is 1. The molecular weight excluding hydrogens is 282 g/mol. The summed E-state index contributed by atoms with van der Waals surface area (Å²) in [6, 6.07) is 6.66. The van der Waals surface area contributed by atoms with E-state index in [1.165, 1.54) is 12.0 Å². The van der Waals surface area contributed by atoms with E-state index in [0.29, 0.717) is 17.5 Å². The molecule has 3 fully saturated rings. The zero-order chi connectivity index (χ0) is 15.4. The molecule has 5 heteroatoms. The number of para-hydroxylation sites is 1. The predicted octanol–water partition coefficient (Wildman–Crippen LogP) is 2.01. The highest BCUT2D eigenvalue weighted by molar-refractivity contribution is 6.24. The summed E-state index contributed by atoms with van der Waals surface area (Å²) in [7, 11) is 1.29. The number of anilines is 1. The summed E-state index contributed by atoms with van der Waals surface area (Å²) in [5, 5.41) is 0. The number of carbonyl (C=O) groups is 3. The molecule has 0 radical (unpaired) electrons. The molecule has 5 nitrogen and oxygen atoms in total. The van der Waals surface area contributed by atoms with E-state index >= 15 is 0 Å². The highest BCUT2D eigenvalue weighted by Gasteiger charge is 2.61. The summed E-state index contributed by atoms with van der Waals surface area (Å²) in [6.45, 7) is 0. The molecule has 3 aliphatic rings. The van der Waals surface area contributed by atoms with Crippen molar-refractivity contribution in [3.8, 4) is 0 Å². The van der Waals surface area contributed by atoms with E-state index in [-0.39, 0.29) is 29.2 Å². The van der Waals surface area contributed by atoms with Crippen molar-refractivity contribution in [3.05, 3.63) is 29.8 Å². The fourth-order valence-corrected chi connectivity index (χ4v) is 4.60. The monoisotopic (exact) mass is 299 g/mol. The SMILES string of the molecule is COC(=O)c1ccccc1N1C(=O)[C@@H]2[C@H]3CC[C@@H](C3)[C@@H]2C1=O. The van der Waals surface area contributed by atoms with Crippen molar-refractivity contribution in [1.82, 2.24) is 0 Å². The van der Waals surface area contributed by atoms with E-state index in [4.69, 9.17) is 4.74 Å². The van der Waals surface area contributed by atoms with Crippen LogP contribution in [0.4, 0.5) is 5.69 Å². The van der Waals surface area contributed by atoms with Gasteiger partial charge in [0.2, 0.25) is 11.8 Å². The number of fused-ring (bicyclic) bond motifs is 5. The molecular formula is C17H17NO4. The van der Waals surface area contributed by atoms with Crippen LogP contribution in [0.15, 0.2) is 24.3 Å². The van der Waals surface area contributed by atoms with E-state index in [1.54, 1.807) is 24.3 Å². The molecule has 114 valence electrons. The van der Waals surface area contributed by atoms with Gasteiger partial charge in [0, 0.05) is 0 Å². The topological polar surface area (TPSA) is 63.7 Å². The minimum absolute atomic E-state index is 0.140. The zero-order valence-corrected chi connectivity index (χ0v) is 12.3. The zero-order valence-electron chi connectivity index (χ0n) is 12.3. The molecule has 0 N–H and O–H groups in total. The van der Waals surface area contributed by atoms with Crippen LogP contribution in [0.1, 0.15) is 29.6 Å². The maximum absolute atomic E-state index is 12.8. The molecule has 0 unspecified atom stereocenters. The fraction of sp³-hybridized carbons (Fsp3) is 0.471. The third-order valence-corrected chi connectivity index (χ3v) is 5.48. The number of benzene rings is 1. The number of nitrogens with zero attached hydrogens (tertiary/aromatic N) is 1. The second-order valence-corrected chi connectivity index (χ2v) is 6.41. The number of rotatable bonds is 2. The fourth-order valence-electron chi connectivity index (χ4n) is 4.60. The Hall–Kier alpha value is -2.17. The van der Waals surface area contributed by atoms with Gasteiger partial charge in [0.15, 0.2) is 0 Å². The first-order chi connectivity index (χ1) is 10.6. The molecule has 1 aromatic carbocycles. The third kappa shape index (κ3) is 1.62. The van der Waals surface area contributed by atoms with Crippen molar-refractivity contribution in [2.45, 2.75) is 19.3 Å². The molecule has 0 spiro atoms. The highest BCUT2D eigenvalue weighted by Crippen LogP contribution is 2.56. The number of methoxy groups -OCH3 is 1. The molecule has 1 aromatic rings. The van der Waals surface area contributed by atoms with E-state index in [2.05, 4.69) is 0 Å². The Kier molecular flexibility index (Phi) is 2.86. The Morgan fingerprint density at radius 2 is 1.68 bits per heavy atom. The lowest BCUT2D eigenvalue weighted by Gasteiger charge is -2.19. The van der Waals surface area contributed by atoms with Gasteiger partial charge in [0.1, 0.15) is 0 Å². The van der Waals surface area contributed by atoms with Crippen LogP contribution in [-0.4, -0.2) is 24.9 Å². The molecule has 0 aromatic heterocycles. The van der Waals surface area contributed by atoms with Crippen LogP contribution < -0.4 is 4.90 Å². The van der Waals surface area contributed by atoms with Crippen LogP contribution in [-0.2, 0) is 14.3 Å². The smallest absolute Gasteiger partial charge is 0.339 e. The summed E-state index contributed by atoms with van der Waals surface area (Å²) in [4.78, 5) is 38.8. The Labute approximate surface area is 128 Å². The summed E-state index contributed by atoms with van der Waals surface area (Å²) < 4.78 is 4.77. The van der Waals surface area contributed by atoms with Gasteiger partial charge in [-0.2, -0.15) is 0 Å². The minimum Gasteiger partial charge on any atom is -0.465 e. The van der Waals surface area contributed by atoms with Crippen molar-refractivity contribution < 1.29 is 19.1 Å². The number of imide groups is 1. The van der Waals surface area contributed by atoms with E-state index < -0.39 is 5.97 Å². The van der Waals surface area contributed by atoms with Gasteiger partial charge in [-0.15, -0.1) is 0 Å². The highest BCUT2D eigenvalue weighted by atomic mass is 16.5. The van der Waals surface area contributed by atoms with Gasteiger partial charge in [-0.3, -0.25) is 9.59 Å². The number of ether oxygens (including phenoxy) is 1. The number of hydrogen-bond donors (Lipinski definition) is 0. The van der Waals surface area contributed by atoms with Gasteiger partial charge < -0.3 is 4.74 Å². The molecule has 1 aliphatic heterocycles. The van der Waals surface area contributed by atoms with E-state index in [9.17, 15) is 14.4 Å². The van der Waals surface area contributed by atoms with Crippen LogP contribution >= 0.6 is 0 Å². The molecule has 4 rings (SSSR count). The first-order valence-electron chi connectivity index (χ1n) is 7.68. The van der Waals surface area contributed by atoms with Crippen molar-refractivity contribution in [1.29, 1.82) is 0 Å². The van der Waals surface area contributed by atoms with Crippen molar-refractivity contribution >= 4 is 23.5 Å². The van der Waals surface area contributed by atoms with Gasteiger partial charge in [0.05, 0.1) is 30.2 Å². The van der Waals surface area contributed by atoms with Crippen LogP contribution in [0.2, 0.25) is 0 Å². The first kappa shape index (κ1) is 13.5. The molecule has 2 saturated carbocycles. The summed E-state index contributed by atoms with van der Waals surface area (Å²) in [5.41, 5.74) is 0.622. The van der Waals surface area contributed by atoms with Crippen LogP contribution in [0.5, 0.6) is 0 Å². The van der Waals surface area contributed by atoms with Crippen LogP contribution in [0.25, 0.3) is 0 Å². The second kappa shape index (κ2) is 4.66. The first-order valence-corrected chi connectivity index (χ1v) is 7.68. The average molecular weight is 299 g/mol. The third-order valence-electron chi connectivity index (χ3n) is 5.48. The lowest BCUT2D eigenvalue weighted by molar-refractivity contribution is -0.123. The summed E-state index contributed by atoms with van der Waals surface area (Å²) in [5.74, 6) is -0.509. The quantitative estimate of drug-likeness (QED) is 0.619. The molecule has 22 heavy (non-hydrogen) atoms. The van der Waals surface area contributed by atoms with Crippen LogP contribution in [0, 0.1) is 23.7 Å². The molecule has 4 atom stereocenters. The standard InChI is InChI=1S/C17H17NO4/c1-22-17(21)11-4-2-3-5-12(11)18-15(19)13-9-6-7-10(8-9)14(13)16(18)20/h2-5,9-10,13-14H,6-8H2,1H3/t9-,10-,13-,14+/m0/s1. The lowest BCUT2D eigenvalue weighted by Crippen LogP contribution is -2.34. The Bertz CT molecular complexity index is 655. The molecule has 2 bridgehead atoms. The maximum Gasteiger partial charge on any atom is 0.339 e. The van der Waals surface area contributed by atoms with E-state index in [1.807, 2.05) is 0 Å². The Morgan fingerprint density at radius 3 is 2.27 bits per heavy atom. The molecule has 2 amide bonds. The average Bonchev–Trinajstić information content (AvgIpc) is 3.21. The number of amides is 2. The van der Waals surface area contributed by atoms with Crippen molar-refractivity contribution in [2.75, 3.05) is 12.0 Å². The maximum atomic E-state index is 12.8. The van der Waals surface area contributed by atoms with Gasteiger partial charge in [-0.05, 0) is 43.2 Å². The molecule has 1 saturated heterocycles. The lowest BCUT2D eigenvalue weighted by atomic mass is 9.81. The molecule has 2 aliphatic carbocycles. The van der Waals surface area contributed by atoms with Gasteiger partial charge >= 0.3 is 5.97 Å². The van der Waals surface area contributed by atoms with E-state index in [0.717, 1.165) is 19.3 Å². The largest absolute Gasteiger partial charge is 0.465 e. The summed E-state index contributed by atoms with van der Waals surface area (Å²) in [6.07, 6.45) is 3.08. The number of carbonyl (C=O) groups excluding carboxylic acids is 3. The van der Waals surface area contributed by atoms with Gasteiger partial charge in [-0.1, -0.05) is 12.1 Å². The Balaban J connectivity index is 1.77.